The smallest absolute Gasteiger partial charge is 0.196 e. The van der Waals surface area contributed by atoms with Gasteiger partial charge in [0.25, 0.3) is 0 Å². The molecule has 0 bridgehead atoms. The van der Waals surface area contributed by atoms with Gasteiger partial charge in [0.05, 0.1) is 5.69 Å². The minimum atomic E-state index is 0.663. The minimum absolute atomic E-state index is 0.663. The lowest BCUT2D eigenvalue weighted by Crippen LogP contribution is -2.37. The molecule has 1 aromatic carbocycles. The van der Waals surface area contributed by atoms with Crippen molar-refractivity contribution in [2.75, 3.05) is 13.1 Å². The highest BCUT2D eigenvalue weighted by atomic mass is 15.2. The first-order valence-electron chi connectivity index (χ1n) is 7.31. The van der Waals surface area contributed by atoms with E-state index >= 15 is 0 Å². The second-order valence-electron chi connectivity index (χ2n) is 5.73. The molecule has 0 saturated carbocycles. The zero-order valence-corrected chi connectivity index (χ0v) is 12.0. The van der Waals surface area contributed by atoms with Crippen LogP contribution < -0.4 is 5.73 Å². The number of aliphatic imine (C=N–C) groups is 1. The Morgan fingerprint density at radius 2 is 1.95 bits per heavy atom. The first kappa shape index (κ1) is 13.9. The molecule has 104 valence electrons. The summed E-state index contributed by atoms with van der Waals surface area (Å²) in [5.74, 6) is 2.26. The first-order chi connectivity index (χ1) is 9.16. The molecule has 2 rings (SSSR count). The van der Waals surface area contributed by atoms with Crippen molar-refractivity contribution in [1.29, 1.82) is 0 Å². The van der Waals surface area contributed by atoms with Crippen LogP contribution in [0.2, 0.25) is 0 Å². The molecule has 0 aromatic heterocycles. The number of guanidine groups is 1. The second kappa shape index (κ2) is 6.60. The molecule has 1 unspecified atom stereocenters. The molecule has 1 aliphatic heterocycles. The Morgan fingerprint density at radius 3 is 2.63 bits per heavy atom. The van der Waals surface area contributed by atoms with Crippen LogP contribution in [0.4, 0.5) is 5.69 Å². The highest BCUT2D eigenvalue weighted by molar-refractivity contribution is 5.81. The van der Waals surface area contributed by atoms with Crippen molar-refractivity contribution >= 4 is 11.6 Å². The second-order valence-corrected chi connectivity index (χ2v) is 5.73. The number of hydrogen-bond donors (Lipinski definition) is 1. The van der Waals surface area contributed by atoms with Crippen molar-refractivity contribution in [2.45, 2.75) is 33.1 Å². The Morgan fingerprint density at radius 1 is 1.21 bits per heavy atom. The molecule has 1 atom stereocenters. The van der Waals surface area contributed by atoms with Crippen molar-refractivity contribution in [2.24, 2.45) is 22.6 Å². The molecule has 1 aliphatic rings. The zero-order valence-electron chi connectivity index (χ0n) is 12.0. The lowest BCUT2D eigenvalue weighted by Gasteiger charge is -2.22. The molecule has 1 aromatic rings. The predicted octanol–water partition coefficient (Wildman–Crippen LogP) is 3.39. The van der Waals surface area contributed by atoms with Gasteiger partial charge in [-0.1, -0.05) is 32.0 Å². The molecule has 0 aliphatic carbocycles. The molecular formula is C16H25N3. The van der Waals surface area contributed by atoms with E-state index in [1.165, 1.54) is 19.3 Å². The van der Waals surface area contributed by atoms with Gasteiger partial charge in [-0.3, -0.25) is 0 Å². The third-order valence-electron chi connectivity index (χ3n) is 4.04. The number of rotatable bonds is 2. The van der Waals surface area contributed by atoms with Crippen LogP contribution in [0.1, 0.15) is 33.1 Å². The lowest BCUT2D eigenvalue weighted by atomic mass is 9.89. The summed E-state index contributed by atoms with van der Waals surface area (Å²) in [4.78, 5) is 6.75. The van der Waals surface area contributed by atoms with Crippen LogP contribution in [-0.4, -0.2) is 23.9 Å². The lowest BCUT2D eigenvalue weighted by molar-refractivity contribution is 0.339. The van der Waals surface area contributed by atoms with Gasteiger partial charge in [-0.05, 0) is 43.2 Å². The zero-order chi connectivity index (χ0) is 13.7. The third kappa shape index (κ3) is 3.98. The maximum Gasteiger partial charge on any atom is 0.196 e. The van der Waals surface area contributed by atoms with Crippen LogP contribution in [-0.2, 0) is 0 Å². The maximum atomic E-state index is 6.15. The summed E-state index contributed by atoms with van der Waals surface area (Å²) in [7, 11) is 0. The molecule has 1 saturated heterocycles. The Labute approximate surface area is 116 Å². The molecule has 3 nitrogen and oxygen atoms in total. The number of nitrogens with two attached hydrogens (primary N) is 1. The van der Waals surface area contributed by atoms with E-state index in [2.05, 4.69) is 23.7 Å². The molecule has 0 amide bonds. The fraction of sp³-hybridized carbons (Fsp3) is 0.562. The van der Waals surface area contributed by atoms with Crippen LogP contribution in [0.5, 0.6) is 0 Å². The Bertz CT molecular complexity index is 411. The summed E-state index contributed by atoms with van der Waals surface area (Å²) >= 11 is 0. The van der Waals surface area contributed by atoms with E-state index in [4.69, 9.17) is 5.73 Å². The fourth-order valence-electron chi connectivity index (χ4n) is 2.72. The van der Waals surface area contributed by atoms with Gasteiger partial charge in [0.2, 0.25) is 0 Å². The molecule has 1 heterocycles. The number of nitrogens with zero attached hydrogens (tertiary/aromatic N) is 2. The molecule has 0 spiro atoms. The van der Waals surface area contributed by atoms with Crippen LogP contribution in [0.15, 0.2) is 35.3 Å². The van der Waals surface area contributed by atoms with Gasteiger partial charge in [-0.15, -0.1) is 0 Å². The third-order valence-corrected chi connectivity index (χ3v) is 4.04. The normalized spacial score (nSPS) is 21.5. The average Bonchev–Trinajstić information content (AvgIpc) is 2.65. The molecule has 1 fully saturated rings. The Balaban J connectivity index is 2.00. The average molecular weight is 259 g/mol. The predicted molar refractivity (Wildman–Crippen MR) is 81.5 cm³/mol. The summed E-state index contributed by atoms with van der Waals surface area (Å²) in [6.07, 6.45) is 3.75. The van der Waals surface area contributed by atoms with Gasteiger partial charge in [-0.25, -0.2) is 4.99 Å². The highest BCUT2D eigenvalue weighted by Crippen LogP contribution is 2.24. The van der Waals surface area contributed by atoms with Crippen molar-refractivity contribution in [3.63, 3.8) is 0 Å². The fourth-order valence-corrected chi connectivity index (χ4v) is 2.72. The van der Waals surface area contributed by atoms with Crippen molar-refractivity contribution in [3.8, 4) is 0 Å². The number of likely N-dealkylation sites (tertiary alicyclic amines) is 1. The summed E-state index contributed by atoms with van der Waals surface area (Å²) < 4.78 is 0. The minimum Gasteiger partial charge on any atom is -0.369 e. The number of para-hydroxylation sites is 1. The molecule has 19 heavy (non-hydrogen) atoms. The summed E-state index contributed by atoms with van der Waals surface area (Å²) in [6.45, 7) is 6.71. The number of hydrogen-bond acceptors (Lipinski definition) is 1. The van der Waals surface area contributed by atoms with Crippen molar-refractivity contribution in [3.05, 3.63) is 30.3 Å². The monoisotopic (exact) mass is 259 g/mol. The van der Waals surface area contributed by atoms with Gasteiger partial charge in [0.15, 0.2) is 5.96 Å². The van der Waals surface area contributed by atoms with Gasteiger partial charge < -0.3 is 10.6 Å². The van der Waals surface area contributed by atoms with Crippen LogP contribution in [0.25, 0.3) is 0 Å². The highest BCUT2D eigenvalue weighted by Gasteiger charge is 2.20. The maximum absolute atomic E-state index is 6.15. The van der Waals surface area contributed by atoms with E-state index in [1.807, 2.05) is 30.3 Å². The van der Waals surface area contributed by atoms with E-state index in [0.29, 0.717) is 5.96 Å². The number of benzene rings is 1. The SMILES string of the molecule is CC(C)C1CCCN(C(N)=Nc2ccccc2)CC1. The van der Waals surface area contributed by atoms with Crippen LogP contribution in [0.3, 0.4) is 0 Å². The van der Waals surface area contributed by atoms with Gasteiger partial charge in [-0.2, -0.15) is 0 Å². The quantitative estimate of drug-likeness (QED) is 0.653. The van der Waals surface area contributed by atoms with Crippen LogP contribution >= 0.6 is 0 Å². The van der Waals surface area contributed by atoms with E-state index in [0.717, 1.165) is 30.6 Å². The van der Waals surface area contributed by atoms with Crippen molar-refractivity contribution in [1.82, 2.24) is 4.90 Å². The molecule has 2 N–H and O–H groups in total. The van der Waals surface area contributed by atoms with Crippen molar-refractivity contribution < 1.29 is 0 Å². The van der Waals surface area contributed by atoms with E-state index in [-0.39, 0.29) is 0 Å². The summed E-state index contributed by atoms with van der Waals surface area (Å²) in [5.41, 5.74) is 7.08. The van der Waals surface area contributed by atoms with E-state index in [1.54, 1.807) is 0 Å². The summed E-state index contributed by atoms with van der Waals surface area (Å²) in [5, 5.41) is 0. The van der Waals surface area contributed by atoms with E-state index in [9.17, 15) is 0 Å². The first-order valence-corrected chi connectivity index (χ1v) is 7.31. The topological polar surface area (TPSA) is 41.6 Å². The van der Waals surface area contributed by atoms with Gasteiger partial charge >= 0.3 is 0 Å². The van der Waals surface area contributed by atoms with Gasteiger partial charge in [0, 0.05) is 13.1 Å². The largest absolute Gasteiger partial charge is 0.369 e. The molecular weight excluding hydrogens is 234 g/mol. The van der Waals surface area contributed by atoms with Crippen LogP contribution in [0, 0.1) is 11.8 Å². The summed E-state index contributed by atoms with van der Waals surface area (Å²) in [6, 6.07) is 9.95. The molecule has 3 heteroatoms. The standard InChI is InChI=1S/C16H25N3/c1-13(2)14-7-6-11-19(12-10-14)16(17)18-15-8-4-3-5-9-15/h3-5,8-9,13-14H,6-7,10-12H2,1-2H3,(H2,17,18). The Hall–Kier alpha value is -1.51. The van der Waals surface area contributed by atoms with Gasteiger partial charge in [0.1, 0.15) is 0 Å². The van der Waals surface area contributed by atoms with E-state index < -0.39 is 0 Å². The molecule has 0 radical (unpaired) electrons. The Kier molecular flexibility index (Phi) is 4.83.